The molecule has 0 saturated carbocycles. The molecule has 0 aliphatic carbocycles. The van der Waals surface area contributed by atoms with Crippen LogP contribution in [0, 0.1) is 6.92 Å². The van der Waals surface area contributed by atoms with Crippen molar-refractivity contribution in [2.24, 2.45) is 0 Å². The van der Waals surface area contributed by atoms with Gasteiger partial charge in [-0.05, 0) is 24.6 Å². The van der Waals surface area contributed by atoms with E-state index in [0.29, 0.717) is 18.1 Å². The standard InChI is InChI=1S/C13H13NO4/c1-9-6-12(18-14-9)8-17-11-4-2-10(3-5-11)7-13(15)16/h2-6H,7-8H2,1H3,(H,15,16). The molecule has 1 aromatic carbocycles. The SMILES string of the molecule is Cc1cc(COc2ccc(CC(=O)O)cc2)on1. The maximum Gasteiger partial charge on any atom is 0.307 e. The van der Waals surface area contributed by atoms with Crippen molar-refractivity contribution in [3.05, 3.63) is 47.3 Å². The number of ether oxygens (including phenoxy) is 1. The van der Waals surface area contributed by atoms with E-state index in [4.69, 9.17) is 14.4 Å². The van der Waals surface area contributed by atoms with Crippen LogP contribution in [0.1, 0.15) is 17.0 Å². The molecule has 0 spiro atoms. The number of carbonyl (C=O) groups is 1. The first-order valence-electron chi connectivity index (χ1n) is 5.49. The number of carboxylic acids is 1. The van der Waals surface area contributed by atoms with Crippen LogP contribution in [0.15, 0.2) is 34.9 Å². The van der Waals surface area contributed by atoms with Crippen LogP contribution in [-0.2, 0) is 17.8 Å². The Kier molecular flexibility index (Phi) is 3.62. The fraction of sp³-hybridized carbons (Fsp3) is 0.231. The number of aliphatic carboxylic acids is 1. The highest BCUT2D eigenvalue weighted by molar-refractivity contribution is 5.70. The van der Waals surface area contributed by atoms with Gasteiger partial charge in [0.15, 0.2) is 5.76 Å². The first kappa shape index (κ1) is 12.2. The molecular weight excluding hydrogens is 234 g/mol. The van der Waals surface area contributed by atoms with Crippen LogP contribution in [-0.4, -0.2) is 16.2 Å². The monoisotopic (exact) mass is 247 g/mol. The van der Waals surface area contributed by atoms with E-state index in [1.54, 1.807) is 30.3 Å². The second-order valence-electron chi connectivity index (χ2n) is 3.94. The summed E-state index contributed by atoms with van der Waals surface area (Å²) < 4.78 is 10.5. The van der Waals surface area contributed by atoms with Crippen molar-refractivity contribution < 1.29 is 19.2 Å². The van der Waals surface area contributed by atoms with Gasteiger partial charge in [0.1, 0.15) is 12.4 Å². The van der Waals surface area contributed by atoms with E-state index in [1.807, 2.05) is 6.92 Å². The number of hydrogen-bond acceptors (Lipinski definition) is 4. The predicted octanol–water partition coefficient (Wildman–Crippen LogP) is 2.19. The third kappa shape index (κ3) is 3.35. The first-order chi connectivity index (χ1) is 8.63. The summed E-state index contributed by atoms with van der Waals surface area (Å²) in [5.41, 5.74) is 1.55. The normalized spacial score (nSPS) is 10.3. The van der Waals surface area contributed by atoms with Gasteiger partial charge in [0.2, 0.25) is 0 Å². The summed E-state index contributed by atoms with van der Waals surface area (Å²) in [7, 11) is 0. The molecule has 18 heavy (non-hydrogen) atoms. The molecule has 5 heteroatoms. The van der Waals surface area contributed by atoms with E-state index in [2.05, 4.69) is 5.16 Å². The number of carboxylic acid groups (broad SMARTS) is 1. The van der Waals surface area contributed by atoms with Crippen molar-refractivity contribution in [3.8, 4) is 5.75 Å². The molecule has 0 bridgehead atoms. The van der Waals surface area contributed by atoms with Crippen molar-refractivity contribution in [3.63, 3.8) is 0 Å². The molecule has 0 aliphatic rings. The van der Waals surface area contributed by atoms with Gasteiger partial charge in [-0.25, -0.2) is 0 Å². The van der Waals surface area contributed by atoms with Gasteiger partial charge in [-0.2, -0.15) is 0 Å². The molecule has 0 unspecified atom stereocenters. The molecule has 1 aromatic heterocycles. The highest BCUT2D eigenvalue weighted by Gasteiger charge is 2.03. The number of aromatic nitrogens is 1. The summed E-state index contributed by atoms with van der Waals surface area (Å²) in [6.45, 7) is 2.15. The van der Waals surface area contributed by atoms with Crippen molar-refractivity contribution in [1.82, 2.24) is 5.16 Å². The fourth-order valence-corrected chi connectivity index (χ4v) is 1.52. The molecule has 2 rings (SSSR count). The average Bonchev–Trinajstić information content (AvgIpc) is 2.74. The van der Waals surface area contributed by atoms with Crippen LogP contribution in [0.25, 0.3) is 0 Å². The van der Waals surface area contributed by atoms with Gasteiger partial charge < -0.3 is 14.4 Å². The Hall–Kier alpha value is -2.30. The average molecular weight is 247 g/mol. The van der Waals surface area contributed by atoms with Gasteiger partial charge in [0.05, 0.1) is 12.1 Å². The molecule has 1 N–H and O–H groups in total. The van der Waals surface area contributed by atoms with Gasteiger partial charge in [-0.3, -0.25) is 4.79 Å². The van der Waals surface area contributed by atoms with Gasteiger partial charge in [-0.15, -0.1) is 0 Å². The van der Waals surface area contributed by atoms with Crippen LogP contribution in [0.5, 0.6) is 5.75 Å². The van der Waals surface area contributed by atoms with Crippen molar-refractivity contribution in [2.75, 3.05) is 0 Å². The second-order valence-corrected chi connectivity index (χ2v) is 3.94. The summed E-state index contributed by atoms with van der Waals surface area (Å²) in [6, 6.07) is 8.74. The maximum atomic E-state index is 10.5. The van der Waals surface area contributed by atoms with Crippen molar-refractivity contribution in [1.29, 1.82) is 0 Å². The highest BCUT2D eigenvalue weighted by atomic mass is 16.5. The summed E-state index contributed by atoms with van der Waals surface area (Å²) in [5.74, 6) is 0.473. The summed E-state index contributed by atoms with van der Waals surface area (Å²) >= 11 is 0. The lowest BCUT2D eigenvalue weighted by atomic mass is 10.1. The van der Waals surface area contributed by atoms with E-state index >= 15 is 0 Å². The van der Waals surface area contributed by atoms with Crippen LogP contribution >= 0.6 is 0 Å². The van der Waals surface area contributed by atoms with E-state index in [1.165, 1.54) is 0 Å². The van der Waals surface area contributed by atoms with E-state index in [9.17, 15) is 4.79 Å². The minimum Gasteiger partial charge on any atom is -0.486 e. The van der Waals surface area contributed by atoms with Crippen LogP contribution in [0.2, 0.25) is 0 Å². The summed E-state index contributed by atoms with van der Waals surface area (Å²) in [4.78, 5) is 10.5. The Morgan fingerprint density at radius 3 is 2.67 bits per heavy atom. The molecule has 94 valence electrons. The highest BCUT2D eigenvalue weighted by Crippen LogP contribution is 2.15. The lowest BCUT2D eigenvalue weighted by molar-refractivity contribution is -0.136. The number of rotatable bonds is 5. The van der Waals surface area contributed by atoms with Gasteiger partial charge >= 0.3 is 5.97 Å². The van der Waals surface area contributed by atoms with Gasteiger partial charge in [-0.1, -0.05) is 17.3 Å². The zero-order chi connectivity index (χ0) is 13.0. The Morgan fingerprint density at radius 2 is 2.11 bits per heavy atom. The minimum absolute atomic E-state index is 0.0155. The quantitative estimate of drug-likeness (QED) is 0.876. The minimum atomic E-state index is -0.846. The largest absolute Gasteiger partial charge is 0.486 e. The lowest BCUT2D eigenvalue weighted by Gasteiger charge is -2.04. The van der Waals surface area contributed by atoms with Crippen LogP contribution in [0.4, 0.5) is 0 Å². The first-order valence-corrected chi connectivity index (χ1v) is 5.49. The lowest BCUT2D eigenvalue weighted by Crippen LogP contribution is -2.00. The number of nitrogens with zero attached hydrogens (tertiary/aromatic N) is 1. The molecule has 0 atom stereocenters. The maximum absolute atomic E-state index is 10.5. The van der Waals surface area contributed by atoms with Crippen LogP contribution in [0.3, 0.4) is 0 Å². The Labute approximate surface area is 104 Å². The number of benzene rings is 1. The second kappa shape index (κ2) is 5.35. The topological polar surface area (TPSA) is 72.6 Å². The summed E-state index contributed by atoms with van der Waals surface area (Å²) in [6.07, 6.45) is 0.0155. The van der Waals surface area contributed by atoms with Crippen LogP contribution < -0.4 is 4.74 Å². The third-order valence-corrected chi connectivity index (χ3v) is 2.34. The Morgan fingerprint density at radius 1 is 1.39 bits per heavy atom. The summed E-state index contributed by atoms with van der Waals surface area (Å²) in [5, 5.41) is 12.4. The Balaban J connectivity index is 1.92. The number of aryl methyl sites for hydroxylation is 1. The van der Waals surface area contributed by atoms with E-state index in [0.717, 1.165) is 11.3 Å². The van der Waals surface area contributed by atoms with Gasteiger partial charge in [0, 0.05) is 6.07 Å². The van der Waals surface area contributed by atoms with E-state index < -0.39 is 5.97 Å². The van der Waals surface area contributed by atoms with Crippen molar-refractivity contribution in [2.45, 2.75) is 20.0 Å². The van der Waals surface area contributed by atoms with E-state index in [-0.39, 0.29) is 6.42 Å². The zero-order valence-electron chi connectivity index (χ0n) is 9.92. The molecule has 0 radical (unpaired) electrons. The molecule has 0 amide bonds. The smallest absolute Gasteiger partial charge is 0.307 e. The molecule has 2 aromatic rings. The molecular formula is C13H13NO4. The number of hydrogen-bond donors (Lipinski definition) is 1. The molecule has 0 fully saturated rings. The third-order valence-electron chi connectivity index (χ3n) is 2.34. The zero-order valence-corrected chi connectivity index (χ0v) is 9.92. The van der Waals surface area contributed by atoms with Crippen molar-refractivity contribution >= 4 is 5.97 Å². The van der Waals surface area contributed by atoms with Gasteiger partial charge in [0.25, 0.3) is 0 Å². The molecule has 5 nitrogen and oxygen atoms in total. The molecule has 1 heterocycles. The predicted molar refractivity (Wildman–Crippen MR) is 63.4 cm³/mol. The molecule has 0 aliphatic heterocycles. The fourth-order valence-electron chi connectivity index (χ4n) is 1.52. The molecule has 0 saturated heterocycles. The Bertz CT molecular complexity index is 530.